The molecular formula is C19H23N3O3. The fourth-order valence-corrected chi connectivity index (χ4v) is 3.88. The average molecular weight is 341 g/mol. The van der Waals surface area contributed by atoms with Crippen molar-refractivity contribution in [2.75, 3.05) is 20.3 Å². The Hall–Kier alpha value is -2.34. The third-order valence-corrected chi connectivity index (χ3v) is 5.13. The second-order valence-corrected chi connectivity index (χ2v) is 6.73. The summed E-state index contributed by atoms with van der Waals surface area (Å²) in [6.45, 7) is 3.27. The van der Waals surface area contributed by atoms with Gasteiger partial charge in [0.2, 0.25) is 0 Å². The van der Waals surface area contributed by atoms with Gasteiger partial charge in [-0.05, 0) is 49.9 Å². The Bertz CT molecular complexity index is 786. The Labute approximate surface area is 147 Å². The summed E-state index contributed by atoms with van der Waals surface area (Å²) in [5.74, 6) is 0.723. The number of aryl methyl sites for hydroxylation is 1. The summed E-state index contributed by atoms with van der Waals surface area (Å²) in [5.41, 5.74) is 2.42. The molecule has 0 bridgehead atoms. The van der Waals surface area contributed by atoms with Crippen molar-refractivity contribution in [1.29, 1.82) is 0 Å². The largest absolute Gasteiger partial charge is 0.494 e. The molecule has 4 rings (SSSR count). The first-order valence-electron chi connectivity index (χ1n) is 8.80. The van der Waals surface area contributed by atoms with Crippen LogP contribution >= 0.6 is 0 Å². The van der Waals surface area contributed by atoms with E-state index in [1.165, 1.54) is 0 Å². The molecule has 0 N–H and O–H groups in total. The van der Waals surface area contributed by atoms with E-state index in [-0.39, 0.29) is 18.1 Å². The van der Waals surface area contributed by atoms with Crippen molar-refractivity contribution >= 4 is 5.91 Å². The summed E-state index contributed by atoms with van der Waals surface area (Å²) < 4.78 is 12.9. The number of methoxy groups -OCH3 is 1. The van der Waals surface area contributed by atoms with Crippen molar-refractivity contribution in [2.45, 2.75) is 38.3 Å². The minimum Gasteiger partial charge on any atom is -0.494 e. The number of carbonyl (C=O) groups is 1. The highest BCUT2D eigenvalue weighted by Crippen LogP contribution is 2.30. The number of morpholine rings is 1. The highest BCUT2D eigenvalue weighted by molar-refractivity contribution is 5.92. The lowest BCUT2D eigenvalue weighted by Crippen LogP contribution is -2.51. The second-order valence-electron chi connectivity index (χ2n) is 6.73. The Morgan fingerprint density at radius 2 is 2.20 bits per heavy atom. The van der Waals surface area contributed by atoms with E-state index in [9.17, 15) is 4.79 Å². The van der Waals surface area contributed by atoms with Gasteiger partial charge in [-0.2, -0.15) is 5.10 Å². The fourth-order valence-electron chi connectivity index (χ4n) is 3.88. The van der Waals surface area contributed by atoms with E-state index in [1.54, 1.807) is 17.9 Å². The molecule has 1 aromatic heterocycles. The van der Waals surface area contributed by atoms with Gasteiger partial charge in [-0.25, -0.2) is 4.68 Å². The van der Waals surface area contributed by atoms with E-state index in [2.05, 4.69) is 5.10 Å². The Morgan fingerprint density at radius 1 is 1.32 bits per heavy atom. The molecule has 1 aliphatic carbocycles. The van der Waals surface area contributed by atoms with E-state index in [4.69, 9.17) is 9.47 Å². The van der Waals surface area contributed by atoms with Crippen LogP contribution in [0.25, 0.3) is 5.69 Å². The minimum absolute atomic E-state index is 0.00873. The molecule has 0 unspecified atom stereocenters. The smallest absolute Gasteiger partial charge is 0.274 e. The van der Waals surface area contributed by atoms with Gasteiger partial charge in [0.25, 0.3) is 5.91 Å². The zero-order valence-corrected chi connectivity index (χ0v) is 14.6. The van der Waals surface area contributed by atoms with Gasteiger partial charge in [-0.15, -0.1) is 0 Å². The molecule has 2 atom stereocenters. The van der Waals surface area contributed by atoms with Crippen molar-refractivity contribution < 1.29 is 14.3 Å². The first kappa shape index (κ1) is 16.1. The Morgan fingerprint density at radius 3 is 3.04 bits per heavy atom. The topological polar surface area (TPSA) is 56.6 Å². The van der Waals surface area contributed by atoms with Gasteiger partial charge in [-0.3, -0.25) is 4.79 Å². The van der Waals surface area contributed by atoms with Gasteiger partial charge in [0.15, 0.2) is 5.69 Å². The molecular weight excluding hydrogens is 318 g/mol. The van der Waals surface area contributed by atoms with Crippen LogP contribution in [0, 0.1) is 6.92 Å². The third-order valence-electron chi connectivity index (χ3n) is 5.13. The molecule has 0 radical (unpaired) electrons. The van der Waals surface area contributed by atoms with Crippen molar-refractivity contribution in [3.05, 3.63) is 41.7 Å². The highest BCUT2D eigenvalue weighted by Gasteiger charge is 2.39. The first-order valence-corrected chi connectivity index (χ1v) is 8.80. The molecule has 25 heavy (non-hydrogen) atoms. The maximum Gasteiger partial charge on any atom is 0.274 e. The molecule has 0 spiro atoms. The van der Waals surface area contributed by atoms with Crippen LogP contribution in [0.2, 0.25) is 0 Å². The van der Waals surface area contributed by atoms with Gasteiger partial charge < -0.3 is 14.4 Å². The van der Waals surface area contributed by atoms with Crippen LogP contribution in [0.5, 0.6) is 5.75 Å². The van der Waals surface area contributed by atoms with Crippen molar-refractivity contribution in [3.63, 3.8) is 0 Å². The Balaban J connectivity index is 1.61. The number of amides is 1. The van der Waals surface area contributed by atoms with Crippen molar-refractivity contribution in [3.8, 4) is 11.4 Å². The Kier molecular flexibility index (Phi) is 4.21. The molecule has 1 saturated heterocycles. The van der Waals surface area contributed by atoms with Crippen LogP contribution in [0.15, 0.2) is 30.5 Å². The minimum atomic E-state index is -0.00873. The number of aromatic nitrogens is 2. The van der Waals surface area contributed by atoms with Gasteiger partial charge in [0.05, 0.1) is 25.9 Å². The van der Waals surface area contributed by atoms with E-state index < -0.39 is 0 Å². The van der Waals surface area contributed by atoms with Gasteiger partial charge in [0.1, 0.15) is 11.4 Å². The van der Waals surface area contributed by atoms with Crippen LogP contribution in [0.3, 0.4) is 0 Å². The average Bonchev–Trinajstić information content (AvgIpc) is 3.30. The lowest BCUT2D eigenvalue weighted by molar-refractivity contribution is -0.0447. The molecule has 2 aliphatic rings. The van der Waals surface area contributed by atoms with Gasteiger partial charge in [-0.1, -0.05) is 6.07 Å². The fraction of sp³-hybridized carbons (Fsp3) is 0.474. The molecule has 1 amide bonds. The number of carbonyl (C=O) groups excluding carboxylic acids is 1. The summed E-state index contributed by atoms with van der Waals surface area (Å²) in [6.07, 6.45) is 5.19. The summed E-state index contributed by atoms with van der Waals surface area (Å²) in [5, 5.41) is 4.52. The van der Waals surface area contributed by atoms with Crippen LogP contribution in [-0.4, -0.2) is 53.0 Å². The van der Waals surface area contributed by atoms with E-state index in [0.717, 1.165) is 36.3 Å². The van der Waals surface area contributed by atoms with E-state index >= 15 is 0 Å². The van der Waals surface area contributed by atoms with Crippen LogP contribution in [0.1, 0.15) is 35.3 Å². The summed E-state index contributed by atoms with van der Waals surface area (Å²) in [6, 6.07) is 7.88. The summed E-state index contributed by atoms with van der Waals surface area (Å²) >= 11 is 0. The monoisotopic (exact) mass is 341 g/mol. The van der Waals surface area contributed by atoms with Gasteiger partial charge >= 0.3 is 0 Å². The zero-order chi connectivity index (χ0) is 17.4. The molecule has 6 heteroatoms. The summed E-state index contributed by atoms with van der Waals surface area (Å²) in [7, 11) is 1.64. The summed E-state index contributed by atoms with van der Waals surface area (Å²) in [4.78, 5) is 14.9. The maximum absolute atomic E-state index is 13.0. The van der Waals surface area contributed by atoms with Gasteiger partial charge in [0, 0.05) is 12.7 Å². The number of rotatable bonds is 3. The molecule has 1 aromatic carbocycles. The predicted octanol–water partition coefficient (Wildman–Crippen LogP) is 2.58. The molecule has 2 aromatic rings. The standard InChI is InChI=1S/C19H23N3O3/c1-13-6-7-17(24-2)16(12-13)22-9-8-14(20-22)19(23)21-10-11-25-18-5-3-4-15(18)21/h6-9,12,15,18H,3-5,10-11H2,1-2H3/t15-,18-/m1/s1. The number of benzene rings is 1. The molecule has 2 heterocycles. The third kappa shape index (κ3) is 2.91. The SMILES string of the molecule is COc1ccc(C)cc1-n1ccc(C(=O)N2CCO[C@@H]3CCC[C@H]32)n1. The van der Waals surface area contributed by atoms with E-state index in [0.29, 0.717) is 18.8 Å². The normalized spacial score (nSPS) is 22.7. The zero-order valence-electron chi connectivity index (χ0n) is 14.6. The van der Waals surface area contributed by atoms with Crippen LogP contribution in [-0.2, 0) is 4.74 Å². The molecule has 1 aliphatic heterocycles. The number of nitrogens with zero attached hydrogens (tertiary/aromatic N) is 3. The quantitative estimate of drug-likeness (QED) is 0.861. The van der Waals surface area contributed by atoms with Crippen molar-refractivity contribution in [1.82, 2.24) is 14.7 Å². The van der Waals surface area contributed by atoms with Crippen LogP contribution < -0.4 is 4.74 Å². The molecule has 132 valence electrons. The predicted molar refractivity (Wildman–Crippen MR) is 93.3 cm³/mol. The number of hydrogen-bond acceptors (Lipinski definition) is 4. The number of hydrogen-bond donors (Lipinski definition) is 0. The van der Waals surface area contributed by atoms with Crippen LogP contribution in [0.4, 0.5) is 0 Å². The van der Waals surface area contributed by atoms with E-state index in [1.807, 2.05) is 36.2 Å². The maximum atomic E-state index is 13.0. The molecule has 6 nitrogen and oxygen atoms in total. The molecule has 1 saturated carbocycles. The molecule has 2 fully saturated rings. The lowest BCUT2D eigenvalue weighted by Gasteiger charge is -2.37. The van der Waals surface area contributed by atoms with Crippen molar-refractivity contribution in [2.24, 2.45) is 0 Å². The number of ether oxygens (including phenoxy) is 2. The highest BCUT2D eigenvalue weighted by atomic mass is 16.5. The lowest BCUT2D eigenvalue weighted by atomic mass is 10.1. The second kappa shape index (κ2) is 6.52. The number of fused-ring (bicyclic) bond motifs is 1. The first-order chi connectivity index (χ1) is 12.2.